The largest absolute Gasteiger partial charge is 0.341 e. The molecule has 0 fully saturated rings. The van der Waals surface area contributed by atoms with E-state index in [1.165, 1.54) is 6.07 Å². The zero-order chi connectivity index (χ0) is 19.6. The second-order valence-electron chi connectivity index (χ2n) is 5.30. The smallest absolute Gasteiger partial charge is 0.298 e. The Morgan fingerprint density at radius 1 is 1.07 bits per heavy atom. The second-order valence-corrected chi connectivity index (χ2v) is 8.08. The Labute approximate surface area is 156 Å². The topological polar surface area (TPSA) is 76.1 Å². The third kappa shape index (κ3) is 4.01. The van der Waals surface area contributed by atoms with Crippen LogP contribution < -0.4 is 5.32 Å². The predicted octanol–water partition coefficient (Wildman–Crippen LogP) is 4.20. The van der Waals surface area contributed by atoms with Gasteiger partial charge < -0.3 is 0 Å². The molecule has 0 saturated carbocycles. The highest BCUT2D eigenvalue weighted by atomic mass is 32.2. The molecule has 0 atom stereocenters. The van der Waals surface area contributed by atoms with Gasteiger partial charge in [-0.2, -0.15) is 8.78 Å². The van der Waals surface area contributed by atoms with Crippen molar-refractivity contribution in [3.63, 3.8) is 0 Å². The van der Waals surface area contributed by atoms with Crippen LogP contribution in [-0.2, 0) is 9.84 Å². The van der Waals surface area contributed by atoms with E-state index in [1.807, 2.05) is 0 Å². The van der Waals surface area contributed by atoms with Crippen molar-refractivity contribution in [3.05, 3.63) is 65.3 Å². The number of sulfone groups is 1. The molecule has 27 heavy (non-hydrogen) atoms. The number of nitrogens with zero attached hydrogens (tertiary/aromatic N) is 1. The van der Waals surface area contributed by atoms with Crippen molar-refractivity contribution in [2.24, 2.45) is 0 Å². The summed E-state index contributed by atoms with van der Waals surface area (Å²) in [4.78, 5) is 15.8. The molecule has 5 nitrogen and oxygen atoms in total. The third-order valence-electron chi connectivity index (χ3n) is 3.55. The molecular formula is C17H11F3N2O3S2. The van der Waals surface area contributed by atoms with Crippen molar-refractivity contribution < 1.29 is 26.4 Å². The van der Waals surface area contributed by atoms with Crippen LogP contribution in [0.1, 0.15) is 10.4 Å². The molecule has 0 bridgehead atoms. The lowest BCUT2D eigenvalue weighted by Crippen LogP contribution is -2.14. The van der Waals surface area contributed by atoms with Crippen molar-refractivity contribution in [3.8, 4) is 11.3 Å². The van der Waals surface area contributed by atoms with E-state index >= 15 is 0 Å². The van der Waals surface area contributed by atoms with E-state index in [0.29, 0.717) is 5.69 Å². The average molecular weight is 412 g/mol. The van der Waals surface area contributed by atoms with Crippen LogP contribution in [0.3, 0.4) is 0 Å². The van der Waals surface area contributed by atoms with Gasteiger partial charge in [0.05, 0.1) is 10.6 Å². The van der Waals surface area contributed by atoms with Crippen LogP contribution in [0.5, 0.6) is 0 Å². The minimum absolute atomic E-state index is 0.0610. The van der Waals surface area contributed by atoms with E-state index in [0.717, 1.165) is 35.6 Å². The number of hydrogen-bond acceptors (Lipinski definition) is 5. The number of aromatic nitrogens is 1. The predicted molar refractivity (Wildman–Crippen MR) is 95.1 cm³/mol. The zero-order valence-corrected chi connectivity index (χ0v) is 15.0. The molecule has 1 N–H and O–H groups in total. The fourth-order valence-corrected chi connectivity index (χ4v) is 3.62. The summed E-state index contributed by atoms with van der Waals surface area (Å²) in [5.74, 6) is -4.59. The number of halogens is 3. The quantitative estimate of drug-likeness (QED) is 0.682. The van der Waals surface area contributed by atoms with Crippen molar-refractivity contribution in [1.82, 2.24) is 4.98 Å². The van der Waals surface area contributed by atoms with Gasteiger partial charge in [-0.15, -0.1) is 11.3 Å². The first-order chi connectivity index (χ1) is 12.8. The van der Waals surface area contributed by atoms with Gasteiger partial charge in [0, 0.05) is 16.5 Å². The molecule has 0 aliphatic carbocycles. The molecule has 10 heteroatoms. The fourth-order valence-electron chi connectivity index (χ4n) is 2.19. The number of hydrogen-bond donors (Lipinski definition) is 1. The standard InChI is InChI=1S/C17H11F3N2O3S2/c18-13-4-2-1-3-12(13)14-9-26-17(21-14)22-15(23)10-5-7-11(8-6-10)27(24,25)16(19)20/h1-9,16H,(H,21,22,23). The summed E-state index contributed by atoms with van der Waals surface area (Å²) in [5, 5.41) is 4.28. The first kappa shape index (κ1) is 19.1. The number of nitrogens with one attached hydrogen (secondary N) is 1. The van der Waals surface area contributed by atoms with E-state index in [4.69, 9.17) is 0 Å². The minimum atomic E-state index is -4.72. The first-order valence-corrected chi connectivity index (χ1v) is 9.85. The van der Waals surface area contributed by atoms with Crippen LogP contribution in [0.25, 0.3) is 11.3 Å². The van der Waals surface area contributed by atoms with Crippen molar-refractivity contribution in [1.29, 1.82) is 0 Å². The van der Waals surface area contributed by atoms with Crippen LogP contribution >= 0.6 is 11.3 Å². The number of thiazole rings is 1. The summed E-state index contributed by atoms with van der Waals surface area (Å²) >= 11 is 1.08. The van der Waals surface area contributed by atoms with Crippen LogP contribution in [-0.4, -0.2) is 25.1 Å². The molecule has 3 aromatic rings. The van der Waals surface area contributed by atoms with E-state index < -0.39 is 32.2 Å². The molecule has 1 heterocycles. The van der Waals surface area contributed by atoms with Crippen molar-refractivity contribution in [2.75, 3.05) is 5.32 Å². The summed E-state index contributed by atoms with van der Waals surface area (Å²) in [7, 11) is -4.72. The van der Waals surface area contributed by atoms with E-state index in [1.54, 1.807) is 23.6 Å². The molecule has 1 amide bonds. The van der Waals surface area contributed by atoms with Gasteiger partial charge in [-0.1, -0.05) is 12.1 Å². The number of alkyl halides is 2. The first-order valence-electron chi connectivity index (χ1n) is 7.43. The van der Waals surface area contributed by atoms with Crippen molar-refractivity contribution >= 4 is 32.2 Å². The normalized spacial score (nSPS) is 11.6. The van der Waals surface area contributed by atoms with Gasteiger partial charge in [-0.3, -0.25) is 10.1 Å². The number of carbonyl (C=O) groups excluding carboxylic acids is 1. The zero-order valence-electron chi connectivity index (χ0n) is 13.4. The highest BCUT2D eigenvalue weighted by molar-refractivity contribution is 7.91. The van der Waals surface area contributed by atoms with Gasteiger partial charge in [0.1, 0.15) is 5.82 Å². The van der Waals surface area contributed by atoms with Gasteiger partial charge >= 0.3 is 5.76 Å². The Kier molecular flexibility index (Phi) is 5.29. The van der Waals surface area contributed by atoms with Crippen LogP contribution in [0.2, 0.25) is 0 Å². The Bertz CT molecular complexity index is 1080. The Hall–Kier alpha value is -2.72. The van der Waals surface area contributed by atoms with Crippen LogP contribution in [0, 0.1) is 5.82 Å². The molecule has 0 radical (unpaired) electrons. The molecular weight excluding hydrogens is 401 g/mol. The number of benzene rings is 2. The minimum Gasteiger partial charge on any atom is -0.298 e. The summed E-state index contributed by atoms with van der Waals surface area (Å²) < 4.78 is 61.6. The number of anilines is 1. The van der Waals surface area contributed by atoms with Gasteiger partial charge in [0.25, 0.3) is 5.91 Å². The lowest BCUT2D eigenvalue weighted by molar-refractivity contribution is 0.102. The Balaban J connectivity index is 1.76. The fraction of sp³-hybridized carbons (Fsp3) is 0.0588. The molecule has 2 aromatic carbocycles. The molecule has 140 valence electrons. The molecule has 0 aliphatic rings. The highest BCUT2D eigenvalue weighted by Gasteiger charge is 2.26. The number of carbonyl (C=O) groups is 1. The summed E-state index contributed by atoms with van der Waals surface area (Å²) in [5.41, 5.74) is 0.702. The van der Waals surface area contributed by atoms with Gasteiger partial charge in [0.15, 0.2) is 5.13 Å². The summed E-state index contributed by atoms with van der Waals surface area (Å²) in [6.07, 6.45) is 0. The molecule has 0 saturated heterocycles. The number of rotatable bonds is 5. The SMILES string of the molecule is O=C(Nc1nc(-c2ccccc2F)cs1)c1ccc(S(=O)(=O)C(F)F)cc1. The van der Waals surface area contributed by atoms with E-state index in [2.05, 4.69) is 10.3 Å². The van der Waals surface area contributed by atoms with Crippen LogP contribution in [0.4, 0.5) is 18.3 Å². The summed E-state index contributed by atoms with van der Waals surface area (Å²) in [6, 6.07) is 10.2. The molecule has 0 aliphatic heterocycles. The molecule has 0 unspecified atom stereocenters. The Morgan fingerprint density at radius 3 is 2.37 bits per heavy atom. The lowest BCUT2D eigenvalue weighted by atomic mass is 10.2. The average Bonchev–Trinajstić information content (AvgIpc) is 3.10. The molecule has 3 rings (SSSR count). The third-order valence-corrected chi connectivity index (χ3v) is 5.71. The van der Waals surface area contributed by atoms with E-state index in [-0.39, 0.29) is 16.3 Å². The highest BCUT2D eigenvalue weighted by Crippen LogP contribution is 2.27. The molecule has 0 spiro atoms. The maximum Gasteiger partial charge on any atom is 0.341 e. The van der Waals surface area contributed by atoms with Crippen molar-refractivity contribution in [2.45, 2.75) is 10.7 Å². The Morgan fingerprint density at radius 2 is 1.74 bits per heavy atom. The summed E-state index contributed by atoms with van der Waals surface area (Å²) in [6.45, 7) is 0. The molecule has 1 aromatic heterocycles. The van der Waals surface area contributed by atoms with Crippen LogP contribution in [0.15, 0.2) is 58.8 Å². The monoisotopic (exact) mass is 412 g/mol. The maximum absolute atomic E-state index is 13.8. The van der Waals surface area contributed by atoms with Gasteiger partial charge in [-0.05, 0) is 36.4 Å². The maximum atomic E-state index is 13.8. The van der Waals surface area contributed by atoms with Gasteiger partial charge in [0.2, 0.25) is 9.84 Å². The lowest BCUT2D eigenvalue weighted by Gasteiger charge is -2.05. The second kappa shape index (κ2) is 7.49. The van der Waals surface area contributed by atoms with E-state index in [9.17, 15) is 26.4 Å². The van der Waals surface area contributed by atoms with Gasteiger partial charge in [-0.25, -0.2) is 17.8 Å². The number of amides is 1.